The smallest absolute Gasteiger partial charge is 0.255 e. The molecule has 1 fully saturated rings. The minimum absolute atomic E-state index is 0. The van der Waals surface area contributed by atoms with Crippen LogP contribution >= 0.6 is 12.4 Å². The molecule has 0 bridgehead atoms. The molecule has 3 aromatic carbocycles. The van der Waals surface area contributed by atoms with Gasteiger partial charge in [-0.2, -0.15) is 0 Å². The monoisotopic (exact) mass is 407 g/mol. The van der Waals surface area contributed by atoms with Crippen molar-refractivity contribution in [2.45, 2.75) is 18.4 Å². The van der Waals surface area contributed by atoms with E-state index in [1.807, 2.05) is 30.3 Å². The molecule has 29 heavy (non-hydrogen) atoms. The van der Waals surface area contributed by atoms with Gasteiger partial charge in [-0.1, -0.05) is 36.4 Å². The van der Waals surface area contributed by atoms with E-state index in [9.17, 15) is 9.59 Å². The maximum absolute atomic E-state index is 12.6. The van der Waals surface area contributed by atoms with Crippen molar-refractivity contribution in [3.05, 3.63) is 95.6 Å². The largest absolute Gasteiger partial charge is 0.327 e. The first-order valence-electron chi connectivity index (χ1n) is 9.23. The number of hydrogen-bond donors (Lipinski definition) is 3. The third kappa shape index (κ3) is 5.02. The number of carbonyl (C=O) groups excluding carboxylic acids is 2. The summed E-state index contributed by atoms with van der Waals surface area (Å²) in [6.07, 6.45) is 1.02. The molecular formula is C23H22ClN3O2. The lowest BCUT2D eigenvalue weighted by atomic mass is 10.1. The van der Waals surface area contributed by atoms with Crippen LogP contribution in [-0.2, 0) is 0 Å². The minimum Gasteiger partial charge on any atom is -0.327 e. The van der Waals surface area contributed by atoms with E-state index in [2.05, 4.69) is 10.6 Å². The molecular weight excluding hydrogens is 386 g/mol. The van der Waals surface area contributed by atoms with Crippen LogP contribution in [0.1, 0.15) is 38.6 Å². The van der Waals surface area contributed by atoms with Crippen LogP contribution in [-0.4, -0.2) is 17.9 Å². The lowest BCUT2D eigenvalue weighted by Gasteiger charge is -2.09. The summed E-state index contributed by atoms with van der Waals surface area (Å²) in [5, 5.41) is 5.70. The molecule has 6 heteroatoms. The van der Waals surface area contributed by atoms with Gasteiger partial charge in [0.1, 0.15) is 0 Å². The number of rotatable bonds is 5. The molecule has 0 spiro atoms. The first kappa shape index (κ1) is 20.6. The topological polar surface area (TPSA) is 84.2 Å². The van der Waals surface area contributed by atoms with Gasteiger partial charge in [0.2, 0.25) is 0 Å². The summed E-state index contributed by atoms with van der Waals surface area (Å²) in [6.45, 7) is 0. The number of hydrogen-bond acceptors (Lipinski definition) is 3. The van der Waals surface area contributed by atoms with Crippen LogP contribution < -0.4 is 16.4 Å². The molecule has 5 nitrogen and oxygen atoms in total. The second-order valence-electron chi connectivity index (χ2n) is 6.98. The zero-order chi connectivity index (χ0) is 19.5. The molecule has 0 saturated heterocycles. The molecule has 148 valence electrons. The van der Waals surface area contributed by atoms with Crippen molar-refractivity contribution in [3.8, 4) is 0 Å². The predicted molar refractivity (Wildman–Crippen MR) is 118 cm³/mol. The normalized spacial score (nSPS) is 17.0. The summed E-state index contributed by atoms with van der Waals surface area (Å²) >= 11 is 0. The van der Waals surface area contributed by atoms with Crippen LogP contribution in [0.3, 0.4) is 0 Å². The summed E-state index contributed by atoms with van der Waals surface area (Å²) < 4.78 is 0. The quantitative estimate of drug-likeness (QED) is 0.585. The number of amides is 2. The Hall–Kier alpha value is -3.15. The molecule has 0 aliphatic heterocycles. The summed E-state index contributed by atoms with van der Waals surface area (Å²) in [5.74, 6) is -0.00614. The maximum atomic E-state index is 12.6. The fourth-order valence-corrected chi connectivity index (χ4v) is 3.15. The maximum Gasteiger partial charge on any atom is 0.255 e. The van der Waals surface area contributed by atoms with E-state index in [1.165, 1.54) is 5.56 Å². The molecule has 0 aromatic heterocycles. The highest BCUT2D eigenvalue weighted by molar-refractivity contribution is 6.07. The first-order valence-corrected chi connectivity index (χ1v) is 9.23. The minimum atomic E-state index is -0.230. The number of benzene rings is 3. The Balaban J connectivity index is 0.00000240. The van der Waals surface area contributed by atoms with Crippen molar-refractivity contribution in [1.82, 2.24) is 0 Å². The molecule has 4 N–H and O–H groups in total. The van der Waals surface area contributed by atoms with Crippen LogP contribution in [0.25, 0.3) is 0 Å². The summed E-state index contributed by atoms with van der Waals surface area (Å²) in [5.41, 5.74) is 9.41. The van der Waals surface area contributed by atoms with E-state index >= 15 is 0 Å². The Morgan fingerprint density at radius 1 is 0.759 bits per heavy atom. The number of nitrogens with two attached hydrogens (primary N) is 1. The van der Waals surface area contributed by atoms with Gasteiger partial charge < -0.3 is 16.4 Å². The zero-order valence-electron chi connectivity index (χ0n) is 15.7. The van der Waals surface area contributed by atoms with Crippen LogP contribution in [0, 0.1) is 0 Å². The van der Waals surface area contributed by atoms with Gasteiger partial charge in [0.05, 0.1) is 0 Å². The van der Waals surface area contributed by atoms with Crippen molar-refractivity contribution in [1.29, 1.82) is 0 Å². The highest BCUT2D eigenvalue weighted by atomic mass is 35.5. The molecule has 0 radical (unpaired) electrons. The first-order chi connectivity index (χ1) is 13.6. The summed E-state index contributed by atoms with van der Waals surface area (Å²) in [4.78, 5) is 24.8. The lowest BCUT2D eigenvalue weighted by Crippen LogP contribution is -2.14. The Morgan fingerprint density at radius 3 is 2.00 bits per heavy atom. The van der Waals surface area contributed by atoms with Gasteiger partial charge in [0.25, 0.3) is 11.8 Å². The van der Waals surface area contributed by atoms with Gasteiger partial charge in [-0.25, -0.2) is 0 Å². The molecule has 2 amide bonds. The number of halogens is 1. The standard InChI is InChI=1S/C23H21N3O2.ClH/c24-21-14-20(21)15-9-11-18(12-10-15)25-23(28)17-7-4-8-19(13-17)26-22(27)16-5-2-1-3-6-16;/h1-13,20-21H,14,24H2,(H,25,28)(H,26,27);1H. The summed E-state index contributed by atoms with van der Waals surface area (Å²) in [6, 6.07) is 23.9. The fourth-order valence-electron chi connectivity index (χ4n) is 3.15. The van der Waals surface area contributed by atoms with E-state index in [0.717, 1.165) is 12.1 Å². The molecule has 2 unspecified atom stereocenters. The third-order valence-electron chi connectivity index (χ3n) is 4.86. The van der Waals surface area contributed by atoms with Gasteiger partial charge >= 0.3 is 0 Å². The van der Waals surface area contributed by atoms with E-state index in [1.54, 1.807) is 48.5 Å². The van der Waals surface area contributed by atoms with Crippen molar-refractivity contribution < 1.29 is 9.59 Å². The zero-order valence-corrected chi connectivity index (χ0v) is 16.5. The van der Waals surface area contributed by atoms with Crippen molar-refractivity contribution >= 4 is 35.6 Å². The van der Waals surface area contributed by atoms with Crippen molar-refractivity contribution in [3.63, 3.8) is 0 Å². The third-order valence-corrected chi connectivity index (χ3v) is 4.86. The van der Waals surface area contributed by atoms with Gasteiger partial charge in [-0.15, -0.1) is 12.4 Å². The average molecular weight is 408 g/mol. The Morgan fingerprint density at radius 2 is 1.34 bits per heavy atom. The Labute approximate surface area is 175 Å². The SMILES string of the molecule is Cl.NC1CC1c1ccc(NC(=O)c2cccc(NC(=O)c3ccccc3)c2)cc1. The molecule has 1 saturated carbocycles. The number of anilines is 2. The molecule has 1 aliphatic carbocycles. The van der Waals surface area contributed by atoms with Gasteiger partial charge in [0.15, 0.2) is 0 Å². The second-order valence-corrected chi connectivity index (χ2v) is 6.98. The van der Waals surface area contributed by atoms with Crippen molar-refractivity contribution in [2.24, 2.45) is 5.73 Å². The van der Waals surface area contributed by atoms with E-state index in [4.69, 9.17) is 5.73 Å². The van der Waals surface area contributed by atoms with Crippen molar-refractivity contribution in [2.75, 3.05) is 10.6 Å². The molecule has 2 atom stereocenters. The Bertz CT molecular complexity index is 1010. The second kappa shape index (κ2) is 8.90. The lowest BCUT2D eigenvalue weighted by molar-refractivity contribution is 0.101. The number of carbonyl (C=O) groups is 2. The molecule has 1 aliphatic rings. The Kier molecular flexibility index (Phi) is 6.32. The summed E-state index contributed by atoms with van der Waals surface area (Å²) in [7, 11) is 0. The van der Waals surface area contributed by atoms with Crippen LogP contribution in [0.15, 0.2) is 78.9 Å². The van der Waals surface area contributed by atoms with Crippen LogP contribution in [0.2, 0.25) is 0 Å². The molecule has 3 aromatic rings. The average Bonchev–Trinajstić information content (AvgIpc) is 3.46. The molecule has 4 rings (SSSR count). The van der Waals surface area contributed by atoms with E-state index < -0.39 is 0 Å². The van der Waals surface area contributed by atoms with Gasteiger partial charge in [-0.3, -0.25) is 9.59 Å². The van der Waals surface area contributed by atoms with Gasteiger partial charge in [-0.05, 0) is 54.4 Å². The highest BCUT2D eigenvalue weighted by Gasteiger charge is 2.34. The predicted octanol–water partition coefficient (Wildman–Crippen LogP) is 4.43. The van der Waals surface area contributed by atoms with Crippen LogP contribution in [0.4, 0.5) is 11.4 Å². The number of nitrogens with one attached hydrogen (secondary N) is 2. The highest BCUT2D eigenvalue weighted by Crippen LogP contribution is 2.39. The van der Waals surface area contributed by atoms with Gasteiger partial charge in [0, 0.05) is 34.5 Å². The van der Waals surface area contributed by atoms with E-state index in [0.29, 0.717) is 22.7 Å². The molecule has 0 heterocycles. The fraction of sp³-hybridized carbons (Fsp3) is 0.130. The van der Waals surface area contributed by atoms with E-state index in [-0.39, 0.29) is 30.3 Å². The van der Waals surface area contributed by atoms with Crippen LogP contribution in [0.5, 0.6) is 0 Å².